The fourth-order valence-corrected chi connectivity index (χ4v) is 5.95. The molecule has 2 N–H and O–H groups in total. The van der Waals surface area contributed by atoms with Crippen LogP contribution in [0.3, 0.4) is 0 Å². The Kier molecular flexibility index (Phi) is 8.42. The summed E-state index contributed by atoms with van der Waals surface area (Å²) in [4.78, 5) is 33.6. The average Bonchev–Trinajstić information content (AvgIpc) is 3.09. The van der Waals surface area contributed by atoms with E-state index in [2.05, 4.69) is 32.0 Å². The largest absolute Gasteiger partial charge is 0.392 e. The summed E-state index contributed by atoms with van der Waals surface area (Å²) < 4.78 is 0. The molecule has 3 aliphatic rings. The van der Waals surface area contributed by atoms with Gasteiger partial charge in [0.05, 0.1) is 36.3 Å². The van der Waals surface area contributed by atoms with Crippen molar-refractivity contribution >= 4 is 17.5 Å². The van der Waals surface area contributed by atoms with Gasteiger partial charge < -0.3 is 15.1 Å². The van der Waals surface area contributed by atoms with Crippen LogP contribution in [0.5, 0.6) is 0 Å². The number of aliphatic hydroxyl groups is 2. The van der Waals surface area contributed by atoms with Crippen molar-refractivity contribution in [2.24, 2.45) is 28.8 Å². The van der Waals surface area contributed by atoms with Gasteiger partial charge in [0.2, 0.25) is 11.8 Å². The number of nitrogens with zero attached hydrogens (tertiary/aromatic N) is 2. The number of fused-ring (bicyclic) bond motifs is 3. The summed E-state index contributed by atoms with van der Waals surface area (Å²) in [6.07, 6.45) is 5.45. The third-order valence-corrected chi connectivity index (χ3v) is 7.83. The fourth-order valence-electron chi connectivity index (χ4n) is 5.95. The molecule has 1 aromatic rings. The van der Waals surface area contributed by atoms with Crippen LogP contribution < -0.4 is 0 Å². The molecule has 0 spiro atoms. The van der Waals surface area contributed by atoms with Gasteiger partial charge in [0, 0.05) is 18.3 Å². The standard InChI is InChI=1S/C29H38N2O5/c1-18(2)8-7-9-19(3)14-15-36-30-23-16-24(32)27(33)25-21(23)12-13-22-26(25)29(35)31(28(22)34)17-20-10-5-4-6-11-20/h4-6,8,10-11,14,21-22,24-27,32-33H,7,9,12-13,15-17H2,1-3H3/b19-14+,30-23+/t21-,22+,24+,25-,26+,27+/m0/s1. The molecule has 1 heterocycles. The third kappa shape index (κ3) is 5.62. The molecule has 0 bridgehead atoms. The molecule has 194 valence electrons. The van der Waals surface area contributed by atoms with Gasteiger partial charge in [-0.15, -0.1) is 0 Å². The number of oxime groups is 1. The molecule has 1 aliphatic heterocycles. The molecule has 2 aliphatic carbocycles. The van der Waals surface area contributed by atoms with E-state index in [1.54, 1.807) is 0 Å². The van der Waals surface area contributed by atoms with Crippen LogP contribution in [-0.2, 0) is 21.0 Å². The van der Waals surface area contributed by atoms with Gasteiger partial charge in [0.1, 0.15) is 6.61 Å². The van der Waals surface area contributed by atoms with E-state index < -0.39 is 30.0 Å². The fraction of sp³-hybridized carbons (Fsp3) is 0.552. The average molecular weight is 495 g/mol. The van der Waals surface area contributed by atoms with Crippen molar-refractivity contribution in [2.45, 2.75) is 71.6 Å². The molecular formula is C29H38N2O5. The molecule has 1 saturated heterocycles. The number of allylic oxidation sites excluding steroid dienone is 3. The van der Waals surface area contributed by atoms with E-state index >= 15 is 0 Å². The lowest BCUT2D eigenvalue weighted by Gasteiger charge is -2.45. The van der Waals surface area contributed by atoms with Gasteiger partial charge in [-0.05, 0) is 58.1 Å². The number of hydrogen-bond acceptors (Lipinski definition) is 6. The third-order valence-electron chi connectivity index (χ3n) is 7.83. The van der Waals surface area contributed by atoms with Crippen LogP contribution in [0.2, 0.25) is 0 Å². The lowest BCUT2D eigenvalue weighted by atomic mass is 9.60. The molecule has 1 aromatic carbocycles. The van der Waals surface area contributed by atoms with E-state index in [9.17, 15) is 19.8 Å². The van der Waals surface area contributed by atoms with Crippen molar-refractivity contribution in [3.8, 4) is 0 Å². The summed E-state index contributed by atoms with van der Waals surface area (Å²) in [5, 5.41) is 25.9. The molecule has 7 heteroatoms. The first-order valence-electron chi connectivity index (χ1n) is 13.0. The second-order valence-electron chi connectivity index (χ2n) is 10.7. The quantitative estimate of drug-likeness (QED) is 0.246. The van der Waals surface area contributed by atoms with Gasteiger partial charge in [0.25, 0.3) is 0 Å². The number of benzene rings is 1. The summed E-state index contributed by atoms with van der Waals surface area (Å²) in [7, 11) is 0. The first-order valence-corrected chi connectivity index (χ1v) is 13.0. The van der Waals surface area contributed by atoms with Crippen molar-refractivity contribution in [2.75, 3.05) is 6.61 Å². The van der Waals surface area contributed by atoms with Crippen molar-refractivity contribution < 1.29 is 24.6 Å². The molecule has 36 heavy (non-hydrogen) atoms. The van der Waals surface area contributed by atoms with E-state index in [1.165, 1.54) is 16.0 Å². The normalized spacial score (nSPS) is 31.3. The Balaban J connectivity index is 1.46. The lowest BCUT2D eigenvalue weighted by molar-refractivity contribution is -0.142. The first kappa shape index (κ1) is 26.3. The second-order valence-corrected chi connectivity index (χ2v) is 10.7. The summed E-state index contributed by atoms with van der Waals surface area (Å²) >= 11 is 0. The van der Waals surface area contributed by atoms with Crippen LogP contribution in [-0.4, -0.2) is 51.5 Å². The minimum absolute atomic E-state index is 0.178. The highest BCUT2D eigenvalue weighted by molar-refractivity contribution is 6.06. The van der Waals surface area contributed by atoms with Crippen molar-refractivity contribution in [3.05, 3.63) is 59.2 Å². The topological polar surface area (TPSA) is 99.4 Å². The summed E-state index contributed by atoms with van der Waals surface area (Å²) in [6.45, 7) is 6.80. The number of amides is 2. The molecule has 2 amide bonds. The summed E-state index contributed by atoms with van der Waals surface area (Å²) in [5.41, 5.74) is 4.09. The van der Waals surface area contributed by atoms with Gasteiger partial charge in [-0.2, -0.15) is 0 Å². The van der Waals surface area contributed by atoms with E-state index in [0.29, 0.717) is 25.2 Å². The molecule has 0 aromatic heterocycles. The number of likely N-dealkylation sites (tertiary alicyclic amines) is 1. The molecule has 0 radical (unpaired) electrons. The van der Waals surface area contributed by atoms with E-state index in [0.717, 1.165) is 18.4 Å². The lowest BCUT2D eigenvalue weighted by Crippen LogP contribution is -2.54. The van der Waals surface area contributed by atoms with Crippen LogP contribution in [0, 0.1) is 23.7 Å². The van der Waals surface area contributed by atoms with Gasteiger partial charge in [-0.3, -0.25) is 14.5 Å². The van der Waals surface area contributed by atoms with Crippen molar-refractivity contribution in [3.63, 3.8) is 0 Å². The predicted molar refractivity (Wildman–Crippen MR) is 138 cm³/mol. The van der Waals surface area contributed by atoms with Gasteiger partial charge in [-0.1, -0.05) is 52.7 Å². The summed E-state index contributed by atoms with van der Waals surface area (Å²) in [5.74, 6) is -2.28. The Morgan fingerprint density at radius 3 is 2.50 bits per heavy atom. The molecule has 6 atom stereocenters. The Labute approximate surface area is 213 Å². The minimum Gasteiger partial charge on any atom is -0.392 e. The number of hydrogen-bond donors (Lipinski definition) is 2. The van der Waals surface area contributed by atoms with E-state index in [1.807, 2.05) is 36.4 Å². The van der Waals surface area contributed by atoms with Gasteiger partial charge >= 0.3 is 0 Å². The Hall–Kier alpha value is -2.77. The van der Waals surface area contributed by atoms with E-state index in [-0.39, 0.29) is 30.7 Å². The van der Waals surface area contributed by atoms with Crippen molar-refractivity contribution in [1.29, 1.82) is 0 Å². The van der Waals surface area contributed by atoms with E-state index in [4.69, 9.17) is 4.84 Å². The molecule has 7 nitrogen and oxygen atoms in total. The maximum absolute atomic E-state index is 13.5. The highest BCUT2D eigenvalue weighted by atomic mass is 16.6. The van der Waals surface area contributed by atoms with Crippen molar-refractivity contribution in [1.82, 2.24) is 4.90 Å². The van der Waals surface area contributed by atoms with Crippen LogP contribution in [0.1, 0.15) is 58.4 Å². The second kappa shape index (κ2) is 11.5. The molecule has 0 unspecified atom stereocenters. The zero-order valence-corrected chi connectivity index (χ0v) is 21.5. The molecule has 3 fully saturated rings. The Morgan fingerprint density at radius 1 is 1.06 bits per heavy atom. The number of carbonyl (C=O) groups is 2. The maximum atomic E-state index is 13.5. The summed E-state index contributed by atoms with van der Waals surface area (Å²) in [6, 6.07) is 9.45. The number of rotatable bonds is 8. The number of carbonyl (C=O) groups excluding carboxylic acids is 2. The Bertz CT molecular complexity index is 1040. The first-order chi connectivity index (χ1) is 17.3. The molecular weight excluding hydrogens is 456 g/mol. The zero-order valence-electron chi connectivity index (χ0n) is 21.5. The van der Waals surface area contributed by atoms with Gasteiger partial charge in [-0.25, -0.2) is 0 Å². The highest BCUT2D eigenvalue weighted by Gasteiger charge is 2.59. The Morgan fingerprint density at radius 2 is 1.78 bits per heavy atom. The maximum Gasteiger partial charge on any atom is 0.233 e. The van der Waals surface area contributed by atoms with Crippen LogP contribution in [0.25, 0.3) is 0 Å². The van der Waals surface area contributed by atoms with Crippen LogP contribution >= 0.6 is 0 Å². The van der Waals surface area contributed by atoms with Crippen LogP contribution in [0.15, 0.2) is 58.8 Å². The van der Waals surface area contributed by atoms with Crippen LogP contribution in [0.4, 0.5) is 0 Å². The smallest absolute Gasteiger partial charge is 0.233 e. The predicted octanol–water partition coefficient (Wildman–Crippen LogP) is 4.00. The number of aliphatic hydroxyl groups excluding tert-OH is 2. The zero-order chi connectivity index (χ0) is 25.8. The number of imide groups is 1. The highest BCUT2D eigenvalue weighted by Crippen LogP contribution is 2.49. The molecule has 2 saturated carbocycles. The molecule has 4 rings (SSSR count). The SMILES string of the molecule is CC(C)=CCC/C(C)=C/CO/N=C1\C[C@@H](O)[C@@H](O)[C@@H]2[C@@H]3C(=O)N(Cc4ccccc4)C(=O)[C@@H]3CC[C@@H]12. The van der Waals surface area contributed by atoms with Gasteiger partial charge in [0.15, 0.2) is 0 Å². The monoisotopic (exact) mass is 494 g/mol. The minimum atomic E-state index is -1.08.